The summed E-state index contributed by atoms with van der Waals surface area (Å²) in [5.41, 5.74) is 2.32. The number of hydrogen-bond acceptors (Lipinski definition) is 4. The van der Waals surface area contributed by atoms with Crippen LogP contribution in [-0.2, 0) is 16.1 Å². The summed E-state index contributed by atoms with van der Waals surface area (Å²) in [5.74, 6) is -0.771. The van der Waals surface area contributed by atoms with Gasteiger partial charge in [-0.3, -0.25) is 14.9 Å². The highest BCUT2D eigenvalue weighted by atomic mass is 35.5. The molecule has 0 aliphatic carbocycles. The molecule has 1 saturated heterocycles. The lowest BCUT2D eigenvalue weighted by Gasteiger charge is -2.22. The van der Waals surface area contributed by atoms with Crippen LogP contribution < -0.4 is 16.0 Å². The van der Waals surface area contributed by atoms with Crippen molar-refractivity contribution in [2.45, 2.75) is 32.4 Å². The Morgan fingerprint density at radius 2 is 2.06 bits per heavy atom. The zero-order chi connectivity index (χ0) is 22.1. The molecule has 2 aromatic carbocycles. The predicted octanol–water partition coefficient (Wildman–Crippen LogP) is 3.61. The molecule has 1 fully saturated rings. The minimum absolute atomic E-state index is 0.0316. The van der Waals surface area contributed by atoms with Gasteiger partial charge in [0.05, 0.1) is 10.7 Å². The van der Waals surface area contributed by atoms with Crippen LogP contribution in [0.4, 0.5) is 10.5 Å². The Labute approximate surface area is 183 Å². The van der Waals surface area contributed by atoms with Crippen molar-refractivity contribution in [3.05, 3.63) is 58.7 Å². The number of rotatable bonds is 4. The van der Waals surface area contributed by atoms with Crippen LogP contribution in [-0.4, -0.2) is 27.5 Å². The van der Waals surface area contributed by atoms with Crippen LogP contribution in [0.1, 0.15) is 30.0 Å². The Morgan fingerprint density at radius 3 is 2.84 bits per heavy atom. The predicted molar refractivity (Wildman–Crippen MR) is 117 cm³/mol. The van der Waals surface area contributed by atoms with Crippen molar-refractivity contribution in [1.29, 1.82) is 0 Å². The van der Waals surface area contributed by atoms with Gasteiger partial charge in [-0.25, -0.2) is 4.79 Å². The zero-order valence-electron chi connectivity index (χ0n) is 16.7. The number of carbonyl (C=O) groups is 3. The lowest BCUT2D eigenvalue weighted by Crippen LogP contribution is -2.41. The third-order valence-electron chi connectivity index (χ3n) is 5.25. The lowest BCUT2D eigenvalue weighted by atomic mass is 10.1. The SMILES string of the molecule is Cc1ccc(Cl)c(NC(=O)NCc2ccc3c(O)n(C4CCC(=O)NC4=O)cc3c2)c1. The first-order chi connectivity index (χ1) is 14.8. The molecule has 1 unspecified atom stereocenters. The minimum atomic E-state index is -0.642. The second kappa shape index (κ2) is 8.31. The van der Waals surface area contributed by atoms with E-state index in [1.807, 2.05) is 19.1 Å². The Bertz CT molecular complexity index is 1200. The molecule has 8 nitrogen and oxygen atoms in total. The van der Waals surface area contributed by atoms with Gasteiger partial charge in [0, 0.05) is 29.9 Å². The molecular weight excluding hydrogens is 420 g/mol. The van der Waals surface area contributed by atoms with E-state index in [0.29, 0.717) is 22.5 Å². The number of aromatic nitrogens is 1. The molecule has 3 aromatic rings. The summed E-state index contributed by atoms with van der Waals surface area (Å²) >= 11 is 6.11. The van der Waals surface area contributed by atoms with E-state index in [4.69, 9.17) is 11.6 Å². The fourth-order valence-corrected chi connectivity index (χ4v) is 3.82. The fraction of sp³-hybridized carbons (Fsp3) is 0.227. The number of halogens is 1. The van der Waals surface area contributed by atoms with E-state index in [-0.39, 0.29) is 24.8 Å². The van der Waals surface area contributed by atoms with Gasteiger partial charge in [0.15, 0.2) is 5.88 Å². The second-order valence-corrected chi connectivity index (χ2v) is 7.95. The number of amides is 4. The van der Waals surface area contributed by atoms with Crippen molar-refractivity contribution in [3.63, 3.8) is 0 Å². The van der Waals surface area contributed by atoms with Crippen molar-refractivity contribution in [2.24, 2.45) is 0 Å². The number of nitrogens with one attached hydrogen (secondary N) is 3. The number of piperidine rings is 1. The summed E-state index contributed by atoms with van der Waals surface area (Å²) in [7, 11) is 0. The molecule has 160 valence electrons. The highest BCUT2D eigenvalue weighted by Crippen LogP contribution is 2.33. The minimum Gasteiger partial charge on any atom is -0.494 e. The zero-order valence-corrected chi connectivity index (χ0v) is 17.5. The summed E-state index contributed by atoms with van der Waals surface area (Å²) in [6.07, 6.45) is 2.23. The molecule has 4 N–H and O–H groups in total. The van der Waals surface area contributed by atoms with Crippen LogP contribution in [0.3, 0.4) is 0 Å². The summed E-state index contributed by atoms with van der Waals surface area (Å²) in [5, 5.41) is 20.1. The fourth-order valence-electron chi connectivity index (χ4n) is 3.65. The van der Waals surface area contributed by atoms with Gasteiger partial charge in [0.2, 0.25) is 11.8 Å². The van der Waals surface area contributed by atoms with Crippen molar-refractivity contribution >= 4 is 45.9 Å². The van der Waals surface area contributed by atoms with Gasteiger partial charge < -0.3 is 20.3 Å². The number of aromatic hydroxyl groups is 1. The molecule has 0 radical (unpaired) electrons. The van der Waals surface area contributed by atoms with Crippen LogP contribution in [0.2, 0.25) is 5.02 Å². The van der Waals surface area contributed by atoms with E-state index in [9.17, 15) is 19.5 Å². The van der Waals surface area contributed by atoms with Gasteiger partial charge >= 0.3 is 6.03 Å². The molecule has 4 rings (SSSR count). The van der Waals surface area contributed by atoms with Crippen molar-refractivity contribution < 1.29 is 19.5 Å². The maximum Gasteiger partial charge on any atom is 0.319 e. The highest BCUT2D eigenvalue weighted by Gasteiger charge is 2.30. The molecule has 31 heavy (non-hydrogen) atoms. The van der Waals surface area contributed by atoms with Crippen molar-refractivity contribution in [2.75, 3.05) is 5.32 Å². The third kappa shape index (κ3) is 4.34. The first-order valence-corrected chi connectivity index (χ1v) is 10.2. The molecule has 0 saturated carbocycles. The second-order valence-electron chi connectivity index (χ2n) is 7.54. The van der Waals surface area contributed by atoms with Crippen LogP contribution in [0.25, 0.3) is 10.8 Å². The number of nitrogens with zero attached hydrogens (tertiary/aromatic N) is 1. The Balaban J connectivity index is 1.47. The molecular formula is C22H21ClN4O4. The van der Waals surface area contributed by atoms with Crippen LogP contribution in [0.5, 0.6) is 5.88 Å². The molecule has 1 atom stereocenters. The van der Waals surface area contributed by atoms with E-state index < -0.39 is 18.0 Å². The van der Waals surface area contributed by atoms with Crippen LogP contribution in [0, 0.1) is 6.92 Å². The van der Waals surface area contributed by atoms with Gasteiger partial charge in [-0.15, -0.1) is 0 Å². The van der Waals surface area contributed by atoms with Crippen LogP contribution in [0.15, 0.2) is 42.6 Å². The number of imide groups is 1. The van der Waals surface area contributed by atoms with Crippen molar-refractivity contribution in [3.8, 4) is 5.88 Å². The normalized spacial score (nSPS) is 16.3. The van der Waals surface area contributed by atoms with E-state index in [1.54, 1.807) is 30.5 Å². The topological polar surface area (TPSA) is 112 Å². The van der Waals surface area contributed by atoms with E-state index >= 15 is 0 Å². The first-order valence-electron chi connectivity index (χ1n) is 9.79. The summed E-state index contributed by atoms with van der Waals surface area (Å²) in [6, 6.07) is 9.69. The summed E-state index contributed by atoms with van der Waals surface area (Å²) in [4.78, 5) is 35.8. The lowest BCUT2D eigenvalue weighted by molar-refractivity contribution is -0.135. The van der Waals surface area contributed by atoms with Gasteiger partial charge in [0.1, 0.15) is 6.04 Å². The van der Waals surface area contributed by atoms with E-state index in [0.717, 1.165) is 16.5 Å². The van der Waals surface area contributed by atoms with Gasteiger partial charge in [-0.05, 0) is 48.7 Å². The number of benzene rings is 2. The quantitative estimate of drug-likeness (QED) is 0.464. The number of anilines is 1. The number of carbonyl (C=O) groups excluding carboxylic acids is 3. The van der Waals surface area contributed by atoms with E-state index in [1.165, 1.54) is 4.57 Å². The molecule has 1 aliphatic rings. The highest BCUT2D eigenvalue weighted by molar-refractivity contribution is 6.33. The number of fused-ring (bicyclic) bond motifs is 1. The van der Waals surface area contributed by atoms with E-state index in [2.05, 4.69) is 16.0 Å². The average molecular weight is 441 g/mol. The average Bonchev–Trinajstić information content (AvgIpc) is 3.05. The number of urea groups is 1. The summed E-state index contributed by atoms with van der Waals surface area (Å²) in [6.45, 7) is 2.17. The first kappa shape index (κ1) is 20.7. The maximum absolute atomic E-state index is 12.2. The van der Waals surface area contributed by atoms with Crippen LogP contribution >= 0.6 is 11.6 Å². The third-order valence-corrected chi connectivity index (χ3v) is 5.58. The Morgan fingerprint density at radius 1 is 1.26 bits per heavy atom. The molecule has 1 aliphatic heterocycles. The Hall–Kier alpha value is -3.52. The maximum atomic E-state index is 12.2. The largest absolute Gasteiger partial charge is 0.494 e. The monoisotopic (exact) mass is 440 g/mol. The number of aryl methyl sites for hydroxylation is 1. The molecule has 0 bridgehead atoms. The molecule has 9 heteroatoms. The van der Waals surface area contributed by atoms with Gasteiger partial charge in [0.25, 0.3) is 0 Å². The van der Waals surface area contributed by atoms with Crippen molar-refractivity contribution in [1.82, 2.24) is 15.2 Å². The molecule has 1 aromatic heterocycles. The van der Waals surface area contributed by atoms with Gasteiger partial charge in [-0.2, -0.15) is 0 Å². The summed E-state index contributed by atoms with van der Waals surface area (Å²) < 4.78 is 1.48. The molecule has 0 spiro atoms. The molecule has 4 amide bonds. The molecule has 2 heterocycles. The smallest absolute Gasteiger partial charge is 0.319 e. The number of hydrogen-bond donors (Lipinski definition) is 4. The standard InChI is InChI=1S/C22H21ClN4O4/c1-12-2-5-16(23)17(8-12)25-22(31)24-10-13-3-4-15-14(9-13)11-27(21(15)30)18-6-7-19(28)26-20(18)29/h2-5,8-9,11,18,30H,6-7,10H2,1H3,(H2,24,25,31)(H,26,28,29). The Kier molecular flexibility index (Phi) is 5.56. The van der Waals surface area contributed by atoms with Gasteiger partial charge in [-0.1, -0.05) is 23.7 Å².